The molecule has 0 bridgehead atoms. The Morgan fingerprint density at radius 3 is 2.32 bits per heavy atom. The molecule has 0 aliphatic heterocycles. The number of amides is 1. The van der Waals surface area contributed by atoms with Crippen molar-refractivity contribution in [3.8, 4) is 0 Å². The van der Waals surface area contributed by atoms with Crippen molar-refractivity contribution < 1.29 is 18.7 Å². The van der Waals surface area contributed by atoms with Gasteiger partial charge in [0.05, 0.1) is 5.56 Å². The number of hydrogen-bond donors (Lipinski definition) is 2. The van der Waals surface area contributed by atoms with Gasteiger partial charge >= 0.3 is 5.97 Å². The molecule has 0 heterocycles. The van der Waals surface area contributed by atoms with Gasteiger partial charge in [0.15, 0.2) is 6.61 Å². The van der Waals surface area contributed by atoms with Gasteiger partial charge in [0.1, 0.15) is 5.82 Å². The monoisotopic (exact) mass is 440 g/mol. The molecule has 31 heavy (non-hydrogen) atoms. The molecule has 0 aliphatic carbocycles. The zero-order valence-electron chi connectivity index (χ0n) is 16.7. The first-order valence-electron chi connectivity index (χ1n) is 9.77. The average molecular weight is 441 g/mol. The third-order valence-corrected chi connectivity index (χ3v) is 4.78. The summed E-state index contributed by atoms with van der Waals surface area (Å²) in [5.74, 6) is -1.37. The van der Waals surface area contributed by atoms with Crippen LogP contribution in [0, 0.1) is 5.82 Å². The van der Waals surface area contributed by atoms with Gasteiger partial charge in [-0.2, -0.15) is 0 Å². The van der Waals surface area contributed by atoms with E-state index in [4.69, 9.17) is 16.3 Å². The molecule has 0 saturated heterocycles. The molecule has 0 spiro atoms. The van der Waals surface area contributed by atoms with Gasteiger partial charge in [-0.25, -0.2) is 9.18 Å². The van der Waals surface area contributed by atoms with Gasteiger partial charge in [-0.3, -0.25) is 4.79 Å². The highest BCUT2D eigenvalue weighted by atomic mass is 35.5. The van der Waals surface area contributed by atoms with Crippen LogP contribution in [-0.4, -0.2) is 25.0 Å². The Bertz CT molecular complexity index is 1020. The van der Waals surface area contributed by atoms with Gasteiger partial charge in [-0.05, 0) is 53.9 Å². The van der Waals surface area contributed by atoms with Crippen molar-refractivity contribution in [2.45, 2.75) is 13.0 Å². The van der Waals surface area contributed by atoms with E-state index in [0.717, 1.165) is 17.5 Å². The fraction of sp³-hybridized carbons (Fsp3) is 0.167. The number of esters is 1. The Kier molecular flexibility index (Phi) is 8.01. The molecule has 0 aliphatic rings. The second-order valence-electron chi connectivity index (χ2n) is 6.83. The third kappa shape index (κ3) is 7.12. The first kappa shape index (κ1) is 22.3. The molecule has 5 nitrogen and oxygen atoms in total. The number of benzene rings is 3. The first-order chi connectivity index (χ1) is 15.0. The lowest BCUT2D eigenvalue weighted by molar-refractivity contribution is -0.124. The van der Waals surface area contributed by atoms with Crippen LogP contribution in [0.25, 0.3) is 0 Å². The van der Waals surface area contributed by atoms with Crippen LogP contribution in [0.1, 0.15) is 21.5 Å². The largest absolute Gasteiger partial charge is 0.452 e. The number of rotatable bonds is 9. The SMILES string of the molecule is O=C(COC(=O)c1ccccc1NCCc1ccc(Cl)cc1)NCc1ccc(F)cc1. The van der Waals surface area contributed by atoms with Crippen molar-refractivity contribution in [1.82, 2.24) is 5.32 Å². The van der Waals surface area contributed by atoms with E-state index < -0.39 is 18.5 Å². The number of para-hydroxylation sites is 1. The molecule has 3 aromatic rings. The second-order valence-corrected chi connectivity index (χ2v) is 7.26. The fourth-order valence-corrected chi connectivity index (χ4v) is 3.00. The van der Waals surface area contributed by atoms with Crippen molar-refractivity contribution >= 4 is 29.2 Å². The van der Waals surface area contributed by atoms with E-state index in [9.17, 15) is 14.0 Å². The molecule has 160 valence electrons. The number of anilines is 1. The normalized spacial score (nSPS) is 10.4. The molecule has 7 heteroatoms. The highest BCUT2D eigenvalue weighted by Crippen LogP contribution is 2.17. The van der Waals surface area contributed by atoms with E-state index in [1.54, 1.807) is 30.3 Å². The minimum atomic E-state index is -0.591. The molecule has 0 fully saturated rings. The lowest BCUT2D eigenvalue weighted by atomic mass is 10.1. The van der Waals surface area contributed by atoms with E-state index in [1.807, 2.05) is 30.3 Å². The van der Waals surface area contributed by atoms with Gasteiger partial charge < -0.3 is 15.4 Å². The summed E-state index contributed by atoms with van der Waals surface area (Å²) >= 11 is 5.90. The van der Waals surface area contributed by atoms with Crippen molar-refractivity contribution in [2.75, 3.05) is 18.5 Å². The standard InChI is InChI=1S/C24H22ClFN2O3/c25-19-9-5-17(6-10-19)13-14-27-22-4-2-1-3-21(22)24(30)31-16-23(29)28-15-18-7-11-20(26)12-8-18/h1-12,27H,13-16H2,(H,28,29). The lowest BCUT2D eigenvalue weighted by Gasteiger charge is -2.12. The van der Waals surface area contributed by atoms with Crippen molar-refractivity contribution in [3.63, 3.8) is 0 Å². The molecule has 0 saturated carbocycles. The number of ether oxygens (including phenoxy) is 1. The first-order valence-corrected chi connectivity index (χ1v) is 10.1. The van der Waals surface area contributed by atoms with E-state index in [-0.39, 0.29) is 12.4 Å². The summed E-state index contributed by atoms with van der Waals surface area (Å²) in [6.07, 6.45) is 0.756. The number of carbonyl (C=O) groups is 2. The zero-order valence-corrected chi connectivity index (χ0v) is 17.5. The predicted octanol–water partition coefficient (Wildman–Crippen LogP) is 4.61. The van der Waals surface area contributed by atoms with Gasteiger partial charge in [0, 0.05) is 23.8 Å². The Morgan fingerprint density at radius 2 is 1.58 bits per heavy atom. The van der Waals surface area contributed by atoms with Crippen LogP contribution in [0.4, 0.5) is 10.1 Å². The van der Waals surface area contributed by atoms with Crippen molar-refractivity contribution in [1.29, 1.82) is 0 Å². The summed E-state index contributed by atoms with van der Waals surface area (Å²) < 4.78 is 18.1. The molecule has 2 N–H and O–H groups in total. The molecule has 3 aromatic carbocycles. The summed E-state index contributed by atoms with van der Waals surface area (Å²) in [7, 11) is 0. The second kappa shape index (κ2) is 11.1. The Balaban J connectivity index is 1.47. The number of nitrogens with one attached hydrogen (secondary N) is 2. The minimum absolute atomic E-state index is 0.222. The van der Waals surface area contributed by atoms with Gasteiger partial charge in [-0.1, -0.05) is 48.0 Å². The van der Waals surface area contributed by atoms with Crippen molar-refractivity contribution in [2.24, 2.45) is 0 Å². The highest BCUT2D eigenvalue weighted by molar-refractivity contribution is 6.30. The van der Waals surface area contributed by atoms with Crippen LogP contribution in [0.2, 0.25) is 5.02 Å². The minimum Gasteiger partial charge on any atom is -0.452 e. The maximum absolute atomic E-state index is 12.9. The quantitative estimate of drug-likeness (QED) is 0.477. The summed E-state index contributed by atoms with van der Waals surface area (Å²) in [6.45, 7) is 0.433. The van der Waals surface area contributed by atoms with Gasteiger partial charge in [-0.15, -0.1) is 0 Å². The van der Waals surface area contributed by atoms with Gasteiger partial charge in [0.25, 0.3) is 5.91 Å². The van der Waals surface area contributed by atoms with E-state index in [2.05, 4.69) is 10.6 Å². The smallest absolute Gasteiger partial charge is 0.340 e. The number of hydrogen-bond acceptors (Lipinski definition) is 4. The fourth-order valence-electron chi connectivity index (χ4n) is 2.87. The van der Waals surface area contributed by atoms with E-state index >= 15 is 0 Å². The van der Waals surface area contributed by atoms with Crippen LogP contribution >= 0.6 is 11.6 Å². The van der Waals surface area contributed by atoms with Crippen LogP contribution in [0.15, 0.2) is 72.8 Å². The maximum atomic E-state index is 12.9. The molecule has 0 atom stereocenters. The highest BCUT2D eigenvalue weighted by Gasteiger charge is 2.14. The van der Waals surface area contributed by atoms with Crippen LogP contribution in [0.5, 0.6) is 0 Å². The number of carbonyl (C=O) groups excluding carboxylic acids is 2. The third-order valence-electron chi connectivity index (χ3n) is 4.53. The molecule has 0 unspecified atom stereocenters. The van der Waals surface area contributed by atoms with Gasteiger partial charge in [0.2, 0.25) is 0 Å². The average Bonchev–Trinajstić information content (AvgIpc) is 2.79. The Morgan fingerprint density at radius 1 is 0.903 bits per heavy atom. The molecule has 0 aromatic heterocycles. The summed E-state index contributed by atoms with van der Waals surface area (Å²) in [6, 6.07) is 20.3. The summed E-state index contributed by atoms with van der Waals surface area (Å²) in [5, 5.41) is 6.55. The van der Waals surface area contributed by atoms with Crippen LogP contribution in [-0.2, 0) is 22.5 Å². The molecular weight excluding hydrogens is 419 g/mol. The topological polar surface area (TPSA) is 67.4 Å². The predicted molar refractivity (Wildman–Crippen MR) is 119 cm³/mol. The lowest BCUT2D eigenvalue weighted by Crippen LogP contribution is -2.28. The van der Waals surface area contributed by atoms with Crippen LogP contribution < -0.4 is 10.6 Å². The molecule has 1 amide bonds. The maximum Gasteiger partial charge on any atom is 0.340 e. The van der Waals surface area contributed by atoms with E-state index in [0.29, 0.717) is 22.8 Å². The van der Waals surface area contributed by atoms with Crippen molar-refractivity contribution in [3.05, 3.63) is 100 Å². The molecule has 0 radical (unpaired) electrons. The summed E-state index contributed by atoms with van der Waals surface area (Å²) in [4.78, 5) is 24.4. The molecular formula is C24H22ClFN2O3. The summed E-state index contributed by atoms with van der Waals surface area (Å²) in [5.41, 5.74) is 2.85. The van der Waals surface area contributed by atoms with E-state index in [1.165, 1.54) is 12.1 Å². The Labute approximate surface area is 185 Å². The molecule has 3 rings (SSSR count). The Hall–Kier alpha value is -3.38. The number of halogens is 2. The van der Waals surface area contributed by atoms with Crippen LogP contribution in [0.3, 0.4) is 0 Å². The zero-order chi connectivity index (χ0) is 22.1.